The molecule has 2 aromatic rings. The number of carbonyl (C=O) groups is 2. The molecule has 2 rings (SSSR count). The number of rotatable bonds is 11. The van der Waals surface area contributed by atoms with E-state index in [9.17, 15) is 9.59 Å². The zero-order valence-electron chi connectivity index (χ0n) is 18.8. The maximum Gasteiger partial charge on any atom is 0.230 e. The van der Waals surface area contributed by atoms with Crippen LogP contribution in [0.4, 0.5) is 11.4 Å². The summed E-state index contributed by atoms with van der Waals surface area (Å²) >= 11 is 0. The fourth-order valence-corrected chi connectivity index (χ4v) is 3.36. The Morgan fingerprint density at radius 1 is 0.600 bits per heavy atom. The fourth-order valence-electron chi connectivity index (χ4n) is 3.36. The highest BCUT2D eigenvalue weighted by molar-refractivity contribution is 5.95. The van der Waals surface area contributed by atoms with Gasteiger partial charge in [-0.05, 0) is 37.1 Å². The average Bonchev–Trinajstić information content (AvgIpc) is 2.72. The minimum absolute atomic E-state index is 0.0624. The Bertz CT molecular complexity index is 729. The van der Waals surface area contributed by atoms with Crippen molar-refractivity contribution in [2.45, 2.75) is 66.2 Å². The molecule has 0 unspecified atom stereocenters. The van der Waals surface area contributed by atoms with Crippen LogP contribution < -0.4 is 10.6 Å². The normalized spacial score (nSPS) is 11.7. The first-order chi connectivity index (χ1) is 14.2. The van der Waals surface area contributed by atoms with E-state index < -0.39 is 10.8 Å². The molecule has 0 spiro atoms. The molecule has 0 aromatic heterocycles. The number of hydrogen-bond donors (Lipinski definition) is 2. The predicted octanol–water partition coefficient (Wildman–Crippen LogP) is 6.66. The largest absolute Gasteiger partial charge is 0.326 e. The molecule has 30 heavy (non-hydrogen) atoms. The van der Waals surface area contributed by atoms with Gasteiger partial charge in [0.05, 0.1) is 0 Å². The van der Waals surface area contributed by atoms with E-state index in [0.717, 1.165) is 49.9 Å². The van der Waals surface area contributed by atoms with E-state index >= 15 is 0 Å². The molecule has 162 valence electrons. The Morgan fingerprint density at radius 3 is 1.27 bits per heavy atom. The third-order valence-corrected chi connectivity index (χ3v) is 5.65. The van der Waals surface area contributed by atoms with Crippen LogP contribution in [0.15, 0.2) is 60.7 Å². The van der Waals surface area contributed by atoms with E-state index in [2.05, 4.69) is 10.6 Å². The first-order valence-corrected chi connectivity index (χ1v) is 10.9. The average molecular weight is 409 g/mol. The number of amides is 2. The van der Waals surface area contributed by atoms with E-state index in [4.69, 9.17) is 0 Å². The molecule has 2 N–H and O–H groups in total. The number of unbranched alkanes of at least 4 members (excludes halogenated alkanes) is 3. The lowest BCUT2D eigenvalue weighted by Crippen LogP contribution is -2.31. The molecular formula is C26H36N2O2. The first-order valence-electron chi connectivity index (χ1n) is 10.9. The topological polar surface area (TPSA) is 58.2 Å². The second-order valence-corrected chi connectivity index (χ2v) is 9.32. The summed E-state index contributed by atoms with van der Waals surface area (Å²) in [5.74, 6) is 0.125. The summed E-state index contributed by atoms with van der Waals surface area (Å²) in [6.45, 7) is 8.01. The molecule has 0 bridgehead atoms. The summed E-state index contributed by atoms with van der Waals surface area (Å²) in [5.41, 5.74) is 0.883. The van der Waals surface area contributed by atoms with Gasteiger partial charge in [-0.25, -0.2) is 0 Å². The Labute approximate surface area is 181 Å². The summed E-state index contributed by atoms with van der Waals surface area (Å²) in [7, 11) is 0. The Balaban J connectivity index is 1.66. The van der Waals surface area contributed by atoms with Crippen LogP contribution in [-0.2, 0) is 9.59 Å². The zero-order valence-corrected chi connectivity index (χ0v) is 18.8. The summed E-state index contributed by atoms with van der Waals surface area (Å²) in [6, 6.07) is 19.2. The quantitative estimate of drug-likeness (QED) is 0.409. The van der Waals surface area contributed by atoms with Gasteiger partial charge in [-0.1, -0.05) is 89.8 Å². The minimum atomic E-state index is -0.398. The second kappa shape index (κ2) is 11.0. The second-order valence-electron chi connectivity index (χ2n) is 9.32. The number of benzene rings is 2. The Hall–Kier alpha value is -2.62. The molecule has 2 amide bonds. The van der Waals surface area contributed by atoms with E-state index in [0.29, 0.717) is 0 Å². The van der Waals surface area contributed by atoms with Crippen LogP contribution in [0, 0.1) is 10.8 Å². The highest BCUT2D eigenvalue weighted by atomic mass is 16.2. The van der Waals surface area contributed by atoms with Gasteiger partial charge in [0.1, 0.15) is 0 Å². The fraction of sp³-hybridized carbons (Fsp3) is 0.462. The van der Waals surface area contributed by atoms with Crippen molar-refractivity contribution in [3.63, 3.8) is 0 Å². The van der Waals surface area contributed by atoms with Gasteiger partial charge in [0.25, 0.3) is 0 Å². The Morgan fingerprint density at radius 2 is 0.933 bits per heavy atom. The van der Waals surface area contributed by atoms with Crippen molar-refractivity contribution in [3.8, 4) is 0 Å². The maximum absolute atomic E-state index is 12.6. The van der Waals surface area contributed by atoms with Crippen molar-refractivity contribution in [1.29, 1.82) is 0 Å². The molecule has 0 saturated heterocycles. The SMILES string of the molecule is CC(C)(CCCCCCC(C)(C)C(=O)Nc1ccccc1)C(=O)Nc1ccccc1. The van der Waals surface area contributed by atoms with E-state index in [1.807, 2.05) is 88.4 Å². The summed E-state index contributed by atoms with van der Waals surface area (Å²) in [5, 5.41) is 6.01. The summed E-state index contributed by atoms with van der Waals surface area (Å²) in [6.07, 6.45) is 5.85. The third-order valence-electron chi connectivity index (χ3n) is 5.65. The first kappa shape index (κ1) is 23.7. The molecule has 0 saturated carbocycles. The number of hydrogen-bond acceptors (Lipinski definition) is 2. The number of nitrogens with one attached hydrogen (secondary N) is 2. The van der Waals surface area contributed by atoms with Crippen molar-refractivity contribution in [1.82, 2.24) is 0 Å². The van der Waals surface area contributed by atoms with Gasteiger partial charge in [-0.3, -0.25) is 9.59 Å². The smallest absolute Gasteiger partial charge is 0.230 e. The van der Waals surface area contributed by atoms with Crippen LogP contribution in [0.2, 0.25) is 0 Å². The van der Waals surface area contributed by atoms with E-state index in [1.54, 1.807) is 0 Å². The molecule has 0 radical (unpaired) electrons. The number of anilines is 2. The molecule has 4 heteroatoms. The zero-order chi connectivity index (χ0) is 22.0. The van der Waals surface area contributed by atoms with Crippen molar-refractivity contribution < 1.29 is 9.59 Å². The molecule has 0 aliphatic heterocycles. The van der Waals surface area contributed by atoms with Crippen LogP contribution in [0.25, 0.3) is 0 Å². The standard InChI is InChI=1S/C26H36N2O2/c1-25(2,23(29)27-21-15-9-7-10-16-21)19-13-5-6-14-20-26(3,4)24(30)28-22-17-11-8-12-18-22/h7-12,15-18H,5-6,13-14,19-20H2,1-4H3,(H,27,29)(H,28,30). The predicted molar refractivity (Wildman–Crippen MR) is 125 cm³/mol. The van der Waals surface area contributed by atoms with Crippen LogP contribution in [-0.4, -0.2) is 11.8 Å². The number of carbonyl (C=O) groups excluding carboxylic acids is 2. The van der Waals surface area contributed by atoms with Crippen LogP contribution in [0.3, 0.4) is 0 Å². The van der Waals surface area contributed by atoms with Crippen molar-refractivity contribution in [3.05, 3.63) is 60.7 Å². The molecule has 2 aromatic carbocycles. The minimum Gasteiger partial charge on any atom is -0.326 e. The lowest BCUT2D eigenvalue weighted by Gasteiger charge is -2.24. The molecule has 0 aliphatic carbocycles. The van der Waals surface area contributed by atoms with Crippen LogP contribution in [0.1, 0.15) is 66.2 Å². The van der Waals surface area contributed by atoms with Gasteiger partial charge in [0.2, 0.25) is 11.8 Å². The van der Waals surface area contributed by atoms with Gasteiger partial charge in [0.15, 0.2) is 0 Å². The Kier molecular flexibility index (Phi) is 8.64. The van der Waals surface area contributed by atoms with Crippen molar-refractivity contribution >= 4 is 23.2 Å². The van der Waals surface area contributed by atoms with E-state index in [-0.39, 0.29) is 11.8 Å². The lowest BCUT2D eigenvalue weighted by molar-refractivity contribution is -0.125. The highest BCUT2D eigenvalue weighted by Gasteiger charge is 2.28. The van der Waals surface area contributed by atoms with Gasteiger partial charge in [0, 0.05) is 22.2 Å². The molecule has 0 fully saturated rings. The molecule has 4 nitrogen and oxygen atoms in total. The van der Waals surface area contributed by atoms with E-state index in [1.165, 1.54) is 0 Å². The van der Waals surface area contributed by atoms with Gasteiger partial charge < -0.3 is 10.6 Å². The molecule has 0 aliphatic rings. The highest BCUT2D eigenvalue weighted by Crippen LogP contribution is 2.28. The van der Waals surface area contributed by atoms with Crippen molar-refractivity contribution in [2.75, 3.05) is 10.6 Å². The maximum atomic E-state index is 12.6. The molecular weight excluding hydrogens is 372 g/mol. The molecule has 0 heterocycles. The van der Waals surface area contributed by atoms with Gasteiger partial charge in [-0.2, -0.15) is 0 Å². The monoisotopic (exact) mass is 408 g/mol. The number of para-hydroxylation sites is 2. The summed E-state index contributed by atoms with van der Waals surface area (Å²) < 4.78 is 0. The third kappa shape index (κ3) is 7.66. The summed E-state index contributed by atoms with van der Waals surface area (Å²) in [4.78, 5) is 25.1. The van der Waals surface area contributed by atoms with Gasteiger partial charge >= 0.3 is 0 Å². The van der Waals surface area contributed by atoms with Crippen molar-refractivity contribution in [2.24, 2.45) is 10.8 Å². The molecule has 0 atom stereocenters. The van der Waals surface area contributed by atoms with Gasteiger partial charge in [-0.15, -0.1) is 0 Å². The lowest BCUT2D eigenvalue weighted by atomic mass is 9.84. The van der Waals surface area contributed by atoms with Crippen LogP contribution in [0.5, 0.6) is 0 Å². The van der Waals surface area contributed by atoms with Crippen LogP contribution >= 0.6 is 0 Å².